The van der Waals surface area contributed by atoms with E-state index in [1.54, 1.807) is 10.9 Å². The van der Waals surface area contributed by atoms with E-state index < -0.39 is 5.97 Å². The number of aromatic nitrogens is 2. The largest absolute Gasteiger partial charge is 0.456 e. The number of nitrogens with one attached hydrogen (secondary N) is 1. The lowest BCUT2D eigenvalue weighted by molar-refractivity contribution is -0.147. The van der Waals surface area contributed by atoms with Crippen LogP contribution in [0.5, 0.6) is 0 Å². The predicted octanol–water partition coefficient (Wildman–Crippen LogP) is 4.65. The first-order valence-electron chi connectivity index (χ1n) is 10.4. The first kappa shape index (κ1) is 21.1. The molecule has 160 valence electrons. The molecule has 3 aromatic carbocycles. The standard InChI is InChI=1S/C26H23N3O3/c30-25(28-24-14-8-7-13-23(24)21-9-3-1-4-10-21)19-32-26(31)16-15-20-17-27-29(18-20)22-11-5-2-6-12-22/h1-14,17-18H,15-16,19H2,(H,28,30). The van der Waals surface area contributed by atoms with Crippen LogP contribution in [-0.2, 0) is 20.7 Å². The van der Waals surface area contributed by atoms with Gasteiger partial charge in [-0.05, 0) is 35.7 Å². The smallest absolute Gasteiger partial charge is 0.306 e. The third kappa shape index (κ3) is 5.49. The number of aryl methyl sites for hydroxylation is 1. The molecule has 1 aromatic heterocycles. The van der Waals surface area contributed by atoms with Crippen molar-refractivity contribution in [3.63, 3.8) is 0 Å². The highest BCUT2D eigenvalue weighted by molar-refractivity contribution is 5.96. The Morgan fingerprint density at radius 1 is 0.875 bits per heavy atom. The number of para-hydroxylation sites is 2. The summed E-state index contributed by atoms with van der Waals surface area (Å²) < 4.78 is 6.92. The predicted molar refractivity (Wildman–Crippen MR) is 123 cm³/mol. The number of hydrogen-bond donors (Lipinski definition) is 1. The lowest BCUT2D eigenvalue weighted by atomic mass is 10.0. The van der Waals surface area contributed by atoms with Crippen molar-refractivity contribution in [2.24, 2.45) is 0 Å². The quantitative estimate of drug-likeness (QED) is 0.417. The third-order valence-corrected chi connectivity index (χ3v) is 4.92. The van der Waals surface area contributed by atoms with Gasteiger partial charge in [0.05, 0.1) is 11.9 Å². The minimum absolute atomic E-state index is 0.175. The molecular weight excluding hydrogens is 402 g/mol. The van der Waals surface area contributed by atoms with Gasteiger partial charge in [-0.15, -0.1) is 0 Å². The molecular formula is C26H23N3O3. The van der Waals surface area contributed by atoms with E-state index in [1.807, 2.05) is 91.1 Å². The summed E-state index contributed by atoms with van der Waals surface area (Å²) in [6.07, 6.45) is 4.28. The van der Waals surface area contributed by atoms with Crippen molar-refractivity contribution in [3.8, 4) is 16.8 Å². The minimum Gasteiger partial charge on any atom is -0.456 e. The van der Waals surface area contributed by atoms with E-state index in [0.29, 0.717) is 12.1 Å². The summed E-state index contributed by atoms with van der Waals surface area (Å²) in [5.41, 5.74) is 4.45. The van der Waals surface area contributed by atoms with Crippen molar-refractivity contribution in [3.05, 3.63) is 103 Å². The zero-order valence-electron chi connectivity index (χ0n) is 17.5. The van der Waals surface area contributed by atoms with Gasteiger partial charge in [0.1, 0.15) is 0 Å². The number of amides is 1. The minimum atomic E-state index is -0.427. The molecule has 0 aliphatic rings. The first-order valence-corrected chi connectivity index (χ1v) is 10.4. The van der Waals surface area contributed by atoms with Crippen LogP contribution in [0.2, 0.25) is 0 Å². The molecule has 1 heterocycles. The van der Waals surface area contributed by atoms with Gasteiger partial charge in [0.15, 0.2) is 6.61 Å². The molecule has 0 aliphatic carbocycles. The van der Waals surface area contributed by atoms with E-state index in [-0.39, 0.29) is 18.9 Å². The molecule has 0 aliphatic heterocycles. The van der Waals surface area contributed by atoms with Crippen LogP contribution in [0.1, 0.15) is 12.0 Å². The number of ether oxygens (including phenoxy) is 1. The lowest BCUT2D eigenvalue weighted by Gasteiger charge is -2.11. The highest BCUT2D eigenvalue weighted by atomic mass is 16.5. The average molecular weight is 425 g/mol. The summed E-state index contributed by atoms with van der Waals surface area (Å²) in [6.45, 7) is -0.328. The second kappa shape index (κ2) is 10.2. The van der Waals surface area contributed by atoms with Crippen LogP contribution >= 0.6 is 0 Å². The molecule has 4 aromatic rings. The number of benzene rings is 3. The van der Waals surface area contributed by atoms with E-state index in [2.05, 4.69) is 10.4 Å². The average Bonchev–Trinajstić information content (AvgIpc) is 3.32. The van der Waals surface area contributed by atoms with Crippen LogP contribution in [0.15, 0.2) is 97.3 Å². The number of carbonyl (C=O) groups is 2. The molecule has 32 heavy (non-hydrogen) atoms. The van der Waals surface area contributed by atoms with Gasteiger partial charge in [-0.1, -0.05) is 66.7 Å². The van der Waals surface area contributed by atoms with E-state index in [1.165, 1.54) is 0 Å². The fourth-order valence-corrected chi connectivity index (χ4v) is 3.32. The SMILES string of the molecule is O=C(COC(=O)CCc1cnn(-c2ccccc2)c1)Nc1ccccc1-c1ccccc1. The summed E-state index contributed by atoms with van der Waals surface area (Å²) in [6, 6.07) is 27.1. The van der Waals surface area contributed by atoms with E-state index >= 15 is 0 Å². The molecule has 0 unspecified atom stereocenters. The van der Waals surface area contributed by atoms with E-state index in [0.717, 1.165) is 22.4 Å². The molecule has 0 atom stereocenters. The Hall–Kier alpha value is -4.19. The molecule has 6 nitrogen and oxygen atoms in total. The Labute approximate surface area is 186 Å². The summed E-state index contributed by atoms with van der Waals surface area (Å²) in [7, 11) is 0. The molecule has 1 N–H and O–H groups in total. The summed E-state index contributed by atoms with van der Waals surface area (Å²) >= 11 is 0. The van der Waals surface area contributed by atoms with Crippen molar-refractivity contribution in [1.82, 2.24) is 9.78 Å². The molecule has 1 amide bonds. The van der Waals surface area contributed by atoms with Gasteiger partial charge in [-0.25, -0.2) is 4.68 Å². The zero-order valence-corrected chi connectivity index (χ0v) is 17.5. The van der Waals surface area contributed by atoms with Crippen LogP contribution in [-0.4, -0.2) is 28.3 Å². The molecule has 6 heteroatoms. The topological polar surface area (TPSA) is 73.2 Å². The Bertz CT molecular complexity index is 1190. The van der Waals surface area contributed by atoms with E-state index in [9.17, 15) is 9.59 Å². The van der Waals surface area contributed by atoms with Crippen LogP contribution in [0, 0.1) is 0 Å². The van der Waals surface area contributed by atoms with Crippen molar-refractivity contribution in [1.29, 1.82) is 0 Å². The maximum absolute atomic E-state index is 12.3. The molecule has 4 rings (SSSR count). The molecule has 0 radical (unpaired) electrons. The Balaban J connectivity index is 1.26. The third-order valence-electron chi connectivity index (χ3n) is 4.92. The normalized spacial score (nSPS) is 10.5. The van der Waals surface area contributed by atoms with Gasteiger partial charge < -0.3 is 10.1 Å². The van der Waals surface area contributed by atoms with E-state index in [4.69, 9.17) is 4.74 Å². The van der Waals surface area contributed by atoms with Gasteiger partial charge in [-0.3, -0.25) is 9.59 Å². The molecule has 0 fully saturated rings. The summed E-state index contributed by atoms with van der Waals surface area (Å²) in [5, 5.41) is 7.15. The summed E-state index contributed by atoms with van der Waals surface area (Å²) in [5.74, 6) is -0.803. The van der Waals surface area contributed by atoms with Crippen LogP contribution in [0.4, 0.5) is 5.69 Å². The van der Waals surface area contributed by atoms with Crippen LogP contribution in [0.25, 0.3) is 16.8 Å². The molecule has 0 spiro atoms. The molecule has 0 bridgehead atoms. The fraction of sp³-hybridized carbons (Fsp3) is 0.115. The Morgan fingerprint density at radius 3 is 2.34 bits per heavy atom. The summed E-state index contributed by atoms with van der Waals surface area (Å²) in [4.78, 5) is 24.4. The van der Waals surface area contributed by atoms with Crippen molar-refractivity contribution < 1.29 is 14.3 Å². The fourth-order valence-electron chi connectivity index (χ4n) is 3.32. The number of esters is 1. The molecule has 0 saturated heterocycles. The number of hydrogen-bond acceptors (Lipinski definition) is 4. The van der Waals surface area contributed by atoms with Crippen molar-refractivity contribution in [2.75, 3.05) is 11.9 Å². The van der Waals surface area contributed by atoms with Gasteiger partial charge in [0.2, 0.25) is 0 Å². The number of nitrogens with zero attached hydrogens (tertiary/aromatic N) is 2. The van der Waals surface area contributed by atoms with Crippen molar-refractivity contribution in [2.45, 2.75) is 12.8 Å². The second-order valence-electron chi connectivity index (χ2n) is 7.25. The Morgan fingerprint density at radius 2 is 1.56 bits per heavy atom. The zero-order chi connectivity index (χ0) is 22.2. The highest BCUT2D eigenvalue weighted by Gasteiger charge is 2.12. The maximum Gasteiger partial charge on any atom is 0.306 e. The maximum atomic E-state index is 12.3. The van der Waals surface area contributed by atoms with Crippen molar-refractivity contribution >= 4 is 17.6 Å². The molecule has 0 saturated carbocycles. The highest BCUT2D eigenvalue weighted by Crippen LogP contribution is 2.27. The number of rotatable bonds is 8. The van der Waals surface area contributed by atoms with Gasteiger partial charge in [0.25, 0.3) is 5.91 Å². The van der Waals surface area contributed by atoms with Gasteiger partial charge >= 0.3 is 5.97 Å². The van der Waals surface area contributed by atoms with Crippen LogP contribution < -0.4 is 5.32 Å². The van der Waals surface area contributed by atoms with Crippen LogP contribution in [0.3, 0.4) is 0 Å². The van der Waals surface area contributed by atoms with Gasteiger partial charge in [-0.2, -0.15) is 5.10 Å². The second-order valence-corrected chi connectivity index (χ2v) is 7.25. The Kier molecular flexibility index (Phi) is 6.72. The monoisotopic (exact) mass is 425 g/mol. The van der Waals surface area contributed by atoms with Gasteiger partial charge in [0, 0.05) is 23.9 Å². The first-order chi connectivity index (χ1) is 15.7. The lowest BCUT2D eigenvalue weighted by Crippen LogP contribution is -2.21. The number of carbonyl (C=O) groups excluding carboxylic acids is 2. The number of anilines is 1.